The molecule has 92 valence electrons. The number of nitriles is 3. The fourth-order valence-electron chi connectivity index (χ4n) is 2.77. The fourth-order valence-corrected chi connectivity index (χ4v) is 2.77. The first-order valence-electron chi connectivity index (χ1n) is 5.32. The molecule has 0 amide bonds. The number of nitro groups is 1. The average Bonchev–Trinajstić information content (AvgIpc) is 2.55. The monoisotopic (exact) mass is 245 g/mol. The lowest BCUT2D eigenvalue weighted by Crippen LogP contribution is -2.47. The second kappa shape index (κ2) is 4.09. The van der Waals surface area contributed by atoms with Crippen LogP contribution >= 0.6 is 0 Å². The summed E-state index contributed by atoms with van der Waals surface area (Å²) in [5.74, 6) is -2.32. The maximum Gasteiger partial charge on any atom is 0.263 e. The molecule has 1 fully saturated rings. The summed E-state index contributed by atoms with van der Waals surface area (Å²) in [7, 11) is 0. The summed E-state index contributed by atoms with van der Waals surface area (Å²) in [6.07, 6.45) is 0.180. The first-order chi connectivity index (χ1) is 8.36. The van der Waals surface area contributed by atoms with Crippen LogP contribution in [0.15, 0.2) is 0 Å². The second-order valence-electron chi connectivity index (χ2n) is 4.43. The van der Waals surface area contributed by atoms with E-state index in [2.05, 4.69) is 0 Å². The topological polar surface area (TPSA) is 138 Å². The van der Waals surface area contributed by atoms with Crippen LogP contribution in [-0.4, -0.2) is 16.2 Å². The molecule has 3 atom stereocenters. The van der Waals surface area contributed by atoms with E-state index in [-0.39, 0.29) is 6.42 Å². The molecular formula is C11H11N5O2. The Bertz CT molecular complexity index is 521. The zero-order valence-corrected chi connectivity index (χ0v) is 9.97. The van der Waals surface area contributed by atoms with Gasteiger partial charge in [0.2, 0.25) is 0 Å². The Kier molecular flexibility index (Phi) is 3.09. The van der Waals surface area contributed by atoms with E-state index in [9.17, 15) is 20.6 Å². The summed E-state index contributed by atoms with van der Waals surface area (Å²) in [5, 5.41) is 46.5. The zero-order chi connectivity index (χ0) is 14.1. The first-order valence-corrected chi connectivity index (χ1v) is 5.32. The number of hydrogen-bond donors (Lipinski definition) is 1. The van der Waals surface area contributed by atoms with E-state index in [0.717, 1.165) is 0 Å². The van der Waals surface area contributed by atoms with Crippen molar-refractivity contribution >= 4 is 5.71 Å². The van der Waals surface area contributed by atoms with E-state index < -0.39 is 33.4 Å². The summed E-state index contributed by atoms with van der Waals surface area (Å²) in [6.45, 7) is 2.83. The summed E-state index contributed by atoms with van der Waals surface area (Å²) in [6, 6.07) is 5.19. The molecule has 1 N–H and O–H groups in total. The van der Waals surface area contributed by atoms with E-state index in [4.69, 9.17) is 10.7 Å². The van der Waals surface area contributed by atoms with Crippen molar-refractivity contribution in [3.05, 3.63) is 10.1 Å². The van der Waals surface area contributed by atoms with Gasteiger partial charge in [0.1, 0.15) is 11.6 Å². The predicted octanol–water partition coefficient (Wildman–Crippen LogP) is 1.25. The molecule has 0 radical (unpaired) electrons. The third-order valence-corrected chi connectivity index (χ3v) is 3.80. The van der Waals surface area contributed by atoms with Gasteiger partial charge in [0.05, 0.1) is 24.1 Å². The third-order valence-electron chi connectivity index (χ3n) is 3.80. The standard InChI is InChI=1S/C11H11N5O2/c1-3-8-10(2,16(17)18)9(15)7(4-12)11(8,5-13)6-14/h7-8,15H,3H2,1-2H3/t7?,8-,10+/m1/s1. The predicted molar refractivity (Wildman–Crippen MR) is 59.7 cm³/mol. The zero-order valence-electron chi connectivity index (χ0n) is 9.97. The quantitative estimate of drug-likeness (QED) is 0.576. The Morgan fingerprint density at radius 1 is 1.44 bits per heavy atom. The highest BCUT2D eigenvalue weighted by Gasteiger charge is 2.71. The number of hydrogen-bond acceptors (Lipinski definition) is 6. The van der Waals surface area contributed by atoms with Gasteiger partial charge in [0, 0.05) is 11.8 Å². The van der Waals surface area contributed by atoms with Gasteiger partial charge in [-0.25, -0.2) is 0 Å². The van der Waals surface area contributed by atoms with Gasteiger partial charge in [0.25, 0.3) is 5.54 Å². The molecule has 0 aromatic rings. The van der Waals surface area contributed by atoms with E-state index in [1.807, 2.05) is 0 Å². The van der Waals surface area contributed by atoms with Crippen molar-refractivity contribution in [1.82, 2.24) is 0 Å². The molecule has 1 aliphatic carbocycles. The lowest BCUT2D eigenvalue weighted by molar-refractivity contribution is -0.553. The highest BCUT2D eigenvalue weighted by atomic mass is 16.6. The molecule has 7 nitrogen and oxygen atoms in total. The first kappa shape index (κ1) is 13.6. The molecule has 0 heterocycles. The lowest BCUT2D eigenvalue weighted by Gasteiger charge is -2.26. The maximum atomic E-state index is 11.2. The number of nitrogens with one attached hydrogen (secondary N) is 1. The maximum absolute atomic E-state index is 11.2. The van der Waals surface area contributed by atoms with E-state index >= 15 is 0 Å². The molecule has 0 bridgehead atoms. The molecule has 0 saturated heterocycles. The Balaban J connectivity index is 3.64. The lowest BCUT2D eigenvalue weighted by atomic mass is 9.71. The molecule has 1 aliphatic rings. The molecule has 1 rings (SSSR count). The number of rotatable bonds is 2. The van der Waals surface area contributed by atoms with Gasteiger partial charge >= 0.3 is 0 Å². The van der Waals surface area contributed by atoms with Crippen molar-refractivity contribution in [3.8, 4) is 18.2 Å². The van der Waals surface area contributed by atoms with Gasteiger partial charge in [0.15, 0.2) is 5.41 Å². The van der Waals surface area contributed by atoms with Crippen LogP contribution in [0.3, 0.4) is 0 Å². The van der Waals surface area contributed by atoms with Crippen molar-refractivity contribution in [2.75, 3.05) is 0 Å². The molecule has 0 aliphatic heterocycles. The smallest absolute Gasteiger partial charge is 0.263 e. The van der Waals surface area contributed by atoms with E-state index in [1.54, 1.807) is 25.1 Å². The molecule has 7 heteroatoms. The van der Waals surface area contributed by atoms with Crippen LogP contribution in [0.2, 0.25) is 0 Å². The second-order valence-corrected chi connectivity index (χ2v) is 4.43. The highest BCUT2D eigenvalue weighted by Crippen LogP contribution is 2.53. The van der Waals surface area contributed by atoms with Crippen molar-refractivity contribution in [2.45, 2.75) is 25.8 Å². The van der Waals surface area contributed by atoms with Gasteiger partial charge in [-0.2, -0.15) is 15.8 Å². The Hall–Kier alpha value is -2.46. The summed E-state index contributed by atoms with van der Waals surface area (Å²) >= 11 is 0. The Morgan fingerprint density at radius 2 is 1.94 bits per heavy atom. The van der Waals surface area contributed by atoms with Gasteiger partial charge in [-0.3, -0.25) is 10.1 Å². The normalized spacial score (nSPS) is 33.2. The Labute approximate surface area is 104 Å². The third kappa shape index (κ3) is 1.23. The summed E-state index contributed by atoms with van der Waals surface area (Å²) < 4.78 is 0. The van der Waals surface area contributed by atoms with Crippen LogP contribution in [0.1, 0.15) is 20.3 Å². The highest BCUT2D eigenvalue weighted by molar-refractivity contribution is 5.98. The minimum absolute atomic E-state index is 0.180. The van der Waals surface area contributed by atoms with E-state index in [1.165, 1.54) is 6.92 Å². The van der Waals surface area contributed by atoms with Crippen molar-refractivity contribution in [3.63, 3.8) is 0 Å². The average molecular weight is 245 g/mol. The van der Waals surface area contributed by atoms with Gasteiger partial charge in [-0.15, -0.1) is 0 Å². The molecule has 0 aromatic heterocycles. The molecule has 0 aromatic carbocycles. The summed E-state index contributed by atoms with van der Waals surface area (Å²) in [4.78, 5) is 10.6. The van der Waals surface area contributed by atoms with Crippen LogP contribution in [0.25, 0.3) is 0 Å². The Morgan fingerprint density at radius 3 is 2.22 bits per heavy atom. The molecular weight excluding hydrogens is 234 g/mol. The van der Waals surface area contributed by atoms with Gasteiger partial charge < -0.3 is 5.41 Å². The molecule has 0 spiro atoms. The fraction of sp³-hybridized carbons (Fsp3) is 0.636. The van der Waals surface area contributed by atoms with Gasteiger partial charge in [-0.1, -0.05) is 6.92 Å². The van der Waals surface area contributed by atoms with Crippen LogP contribution in [0.4, 0.5) is 0 Å². The van der Waals surface area contributed by atoms with Crippen LogP contribution in [0.5, 0.6) is 0 Å². The van der Waals surface area contributed by atoms with Crippen molar-refractivity contribution in [1.29, 1.82) is 21.2 Å². The SMILES string of the molecule is CC[C@H]1C(C#N)(C#N)C(C#N)C(=N)[C@@]1(C)[N+](=O)[O-]. The van der Waals surface area contributed by atoms with Crippen LogP contribution in [0, 0.1) is 66.8 Å². The van der Waals surface area contributed by atoms with E-state index in [0.29, 0.717) is 0 Å². The minimum Gasteiger partial charge on any atom is -0.301 e. The minimum atomic E-state index is -1.83. The molecule has 1 unspecified atom stereocenters. The van der Waals surface area contributed by atoms with Crippen molar-refractivity contribution in [2.24, 2.45) is 17.3 Å². The van der Waals surface area contributed by atoms with Gasteiger partial charge in [-0.05, 0) is 6.42 Å². The molecule has 1 saturated carbocycles. The van der Waals surface area contributed by atoms with Crippen LogP contribution < -0.4 is 0 Å². The van der Waals surface area contributed by atoms with Crippen LogP contribution in [-0.2, 0) is 0 Å². The molecule has 18 heavy (non-hydrogen) atoms. The largest absolute Gasteiger partial charge is 0.301 e. The van der Waals surface area contributed by atoms with Crippen molar-refractivity contribution < 1.29 is 4.92 Å². The summed E-state index contributed by atoms with van der Waals surface area (Å²) in [5.41, 5.74) is -4.10. The number of nitrogens with zero attached hydrogens (tertiary/aromatic N) is 4.